The summed E-state index contributed by atoms with van der Waals surface area (Å²) in [6, 6.07) is 0.701. The van der Waals surface area contributed by atoms with E-state index in [2.05, 4.69) is 12.4 Å². The minimum Gasteiger partial charge on any atom is -0.378 e. The van der Waals surface area contributed by atoms with Gasteiger partial charge in [0.25, 0.3) is 0 Å². The Labute approximate surface area is 93.8 Å². The van der Waals surface area contributed by atoms with Crippen molar-refractivity contribution in [3.8, 4) is 0 Å². The Morgan fingerprint density at radius 3 is 2.60 bits per heavy atom. The molecule has 0 spiro atoms. The van der Waals surface area contributed by atoms with Gasteiger partial charge in [0.1, 0.15) is 0 Å². The summed E-state index contributed by atoms with van der Waals surface area (Å²) in [5, 5.41) is 3.38. The molecule has 0 aliphatic heterocycles. The van der Waals surface area contributed by atoms with Crippen molar-refractivity contribution in [1.82, 2.24) is 5.32 Å². The monoisotopic (exact) mass is 211 g/mol. The Bertz CT molecular complexity index is 177. The van der Waals surface area contributed by atoms with Gasteiger partial charge in [-0.15, -0.1) is 0 Å². The minimum absolute atomic E-state index is 0.539. The van der Waals surface area contributed by atoms with Gasteiger partial charge >= 0.3 is 0 Å². The molecule has 0 bridgehead atoms. The lowest BCUT2D eigenvalue weighted by atomic mass is 9.93. The summed E-state index contributed by atoms with van der Waals surface area (Å²) in [5.41, 5.74) is 0. The van der Waals surface area contributed by atoms with Crippen LogP contribution in [0, 0.1) is 5.92 Å². The largest absolute Gasteiger partial charge is 0.378 e. The van der Waals surface area contributed by atoms with E-state index in [1.165, 1.54) is 51.4 Å². The third-order valence-electron chi connectivity index (χ3n) is 4.08. The van der Waals surface area contributed by atoms with Crippen LogP contribution >= 0.6 is 0 Å². The summed E-state index contributed by atoms with van der Waals surface area (Å²) in [6.45, 7) is 1.03. The van der Waals surface area contributed by atoms with E-state index in [1.54, 1.807) is 0 Å². The normalized spacial score (nSPS) is 33.4. The third-order valence-corrected chi connectivity index (χ3v) is 4.08. The quantitative estimate of drug-likeness (QED) is 0.772. The summed E-state index contributed by atoms with van der Waals surface area (Å²) in [4.78, 5) is 0. The highest BCUT2D eigenvalue weighted by molar-refractivity contribution is 4.78. The van der Waals surface area contributed by atoms with Crippen LogP contribution in [0.1, 0.15) is 51.4 Å². The zero-order valence-electron chi connectivity index (χ0n) is 10.0. The van der Waals surface area contributed by atoms with E-state index in [-0.39, 0.29) is 0 Å². The van der Waals surface area contributed by atoms with E-state index in [0.717, 1.165) is 12.5 Å². The maximum Gasteiger partial charge on any atom is 0.0590 e. The molecule has 0 aromatic heterocycles. The van der Waals surface area contributed by atoms with Crippen molar-refractivity contribution < 1.29 is 4.74 Å². The first kappa shape index (κ1) is 11.4. The predicted molar refractivity (Wildman–Crippen MR) is 63.0 cm³/mol. The van der Waals surface area contributed by atoms with Gasteiger partial charge in [-0.3, -0.25) is 0 Å². The fourth-order valence-electron chi connectivity index (χ4n) is 3.01. The molecule has 2 unspecified atom stereocenters. The van der Waals surface area contributed by atoms with E-state index in [1.807, 2.05) is 0 Å². The molecule has 0 heterocycles. The molecule has 88 valence electrons. The number of ether oxygens (including phenoxy) is 1. The molecule has 0 radical (unpaired) electrons. The molecule has 15 heavy (non-hydrogen) atoms. The topological polar surface area (TPSA) is 21.3 Å². The maximum atomic E-state index is 6.06. The summed E-state index contributed by atoms with van der Waals surface area (Å²) < 4.78 is 6.06. The van der Waals surface area contributed by atoms with E-state index in [9.17, 15) is 0 Å². The smallest absolute Gasteiger partial charge is 0.0590 e. The fraction of sp³-hybridized carbons (Fsp3) is 1.00. The summed E-state index contributed by atoms with van der Waals surface area (Å²) in [6.07, 6.45) is 11.4. The highest BCUT2D eigenvalue weighted by atomic mass is 16.5. The Balaban J connectivity index is 1.65. The van der Waals surface area contributed by atoms with Gasteiger partial charge in [0, 0.05) is 12.6 Å². The average molecular weight is 211 g/mol. The van der Waals surface area contributed by atoms with Crippen LogP contribution in [0.25, 0.3) is 0 Å². The molecule has 2 aliphatic rings. The lowest BCUT2D eigenvalue weighted by molar-refractivity contribution is 0.00216. The fourth-order valence-corrected chi connectivity index (χ4v) is 3.01. The van der Waals surface area contributed by atoms with Crippen LogP contribution < -0.4 is 5.32 Å². The molecule has 2 nitrogen and oxygen atoms in total. The molecule has 0 aromatic carbocycles. The van der Waals surface area contributed by atoms with Crippen molar-refractivity contribution >= 4 is 0 Å². The summed E-state index contributed by atoms with van der Waals surface area (Å²) in [7, 11) is 2.07. The highest BCUT2D eigenvalue weighted by Crippen LogP contribution is 2.27. The van der Waals surface area contributed by atoms with Crippen molar-refractivity contribution in [2.45, 2.75) is 63.5 Å². The predicted octanol–water partition coefficient (Wildman–Crippen LogP) is 2.72. The second-order valence-corrected chi connectivity index (χ2v) is 5.26. The van der Waals surface area contributed by atoms with Crippen LogP contribution in [-0.4, -0.2) is 25.8 Å². The van der Waals surface area contributed by atoms with Gasteiger partial charge in [-0.1, -0.05) is 12.8 Å². The van der Waals surface area contributed by atoms with Crippen molar-refractivity contribution in [3.05, 3.63) is 0 Å². The average Bonchev–Trinajstić information content (AvgIpc) is 2.79. The second-order valence-electron chi connectivity index (χ2n) is 5.26. The molecule has 2 fully saturated rings. The zero-order chi connectivity index (χ0) is 10.5. The molecule has 0 aromatic rings. The van der Waals surface area contributed by atoms with Gasteiger partial charge in [0.05, 0.1) is 6.10 Å². The maximum absolute atomic E-state index is 6.06. The van der Waals surface area contributed by atoms with Crippen molar-refractivity contribution in [2.75, 3.05) is 13.7 Å². The SMILES string of the molecule is CNC1CCCC(OCC2CCCC2)C1. The van der Waals surface area contributed by atoms with E-state index < -0.39 is 0 Å². The summed E-state index contributed by atoms with van der Waals surface area (Å²) >= 11 is 0. The van der Waals surface area contributed by atoms with Crippen LogP contribution in [0.2, 0.25) is 0 Å². The Morgan fingerprint density at radius 2 is 1.87 bits per heavy atom. The van der Waals surface area contributed by atoms with E-state index in [0.29, 0.717) is 12.1 Å². The highest BCUT2D eigenvalue weighted by Gasteiger charge is 2.23. The Kier molecular flexibility index (Phi) is 4.45. The van der Waals surface area contributed by atoms with Crippen LogP contribution in [0.15, 0.2) is 0 Å². The van der Waals surface area contributed by atoms with Gasteiger partial charge in [0.2, 0.25) is 0 Å². The van der Waals surface area contributed by atoms with Crippen molar-refractivity contribution in [3.63, 3.8) is 0 Å². The molecule has 2 saturated carbocycles. The molecule has 0 saturated heterocycles. The van der Waals surface area contributed by atoms with Crippen LogP contribution in [-0.2, 0) is 4.74 Å². The Morgan fingerprint density at radius 1 is 1.07 bits per heavy atom. The molecular weight excluding hydrogens is 186 g/mol. The van der Waals surface area contributed by atoms with Gasteiger partial charge in [-0.25, -0.2) is 0 Å². The van der Waals surface area contributed by atoms with E-state index >= 15 is 0 Å². The number of rotatable bonds is 4. The zero-order valence-corrected chi connectivity index (χ0v) is 10.0. The molecule has 1 N–H and O–H groups in total. The molecule has 2 rings (SSSR count). The molecule has 0 amide bonds. The first-order valence-electron chi connectivity index (χ1n) is 6.67. The number of nitrogens with one attached hydrogen (secondary N) is 1. The van der Waals surface area contributed by atoms with Gasteiger partial charge in [0.15, 0.2) is 0 Å². The molecule has 2 heteroatoms. The first-order chi connectivity index (χ1) is 7.38. The minimum atomic E-state index is 0.539. The van der Waals surface area contributed by atoms with Crippen LogP contribution in [0.5, 0.6) is 0 Å². The van der Waals surface area contributed by atoms with Crippen LogP contribution in [0.4, 0.5) is 0 Å². The standard InChI is InChI=1S/C13H25NO/c1-14-12-7-4-8-13(9-12)15-10-11-5-2-3-6-11/h11-14H,2-10H2,1H3. The second kappa shape index (κ2) is 5.86. The van der Waals surface area contributed by atoms with Crippen LogP contribution in [0.3, 0.4) is 0 Å². The van der Waals surface area contributed by atoms with Crippen molar-refractivity contribution in [2.24, 2.45) is 5.92 Å². The van der Waals surface area contributed by atoms with Gasteiger partial charge in [-0.05, 0) is 51.5 Å². The van der Waals surface area contributed by atoms with E-state index in [4.69, 9.17) is 4.74 Å². The van der Waals surface area contributed by atoms with Gasteiger partial charge in [-0.2, -0.15) is 0 Å². The Hall–Kier alpha value is -0.0800. The molecule has 2 aliphatic carbocycles. The lowest BCUT2D eigenvalue weighted by Crippen LogP contribution is -2.35. The number of hydrogen-bond acceptors (Lipinski definition) is 2. The molecule has 2 atom stereocenters. The van der Waals surface area contributed by atoms with Crippen molar-refractivity contribution in [1.29, 1.82) is 0 Å². The van der Waals surface area contributed by atoms with Gasteiger partial charge < -0.3 is 10.1 Å². The number of hydrogen-bond donors (Lipinski definition) is 1. The lowest BCUT2D eigenvalue weighted by Gasteiger charge is -2.29. The third kappa shape index (κ3) is 3.46. The molecular formula is C13H25NO. The first-order valence-corrected chi connectivity index (χ1v) is 6.67. The summed E-state index contributed by atoms with van der Waals surface area (Å²) in [5.74, 6) is 0.875.